The van der Waals surface area contributed by atoms with Crippen LogP contribution >= 0.6 is 0 Å². The first-order valence-corrected chi connectivity index (χ1v) is 9.58. The standard InChI is InChI=1S/C21H21F2N5O2/c1-13-14(2)26-30-20(13)25-21(29)28-10-8-27(9-11-28)18-12-15(6-7-24-18)16-4-3-5-17(22)19(16)23/h3-7,12H,8-11H2,1-2H3,(H,25,29). The van der Waals surface area contributed by atoms with Crippen LogP contribution in [-0.4, -0.2) is 47.3 Å². The number of halogens is 2. The fourth-order valence-electron chi connectivity index (χ4n) is 3.33. The lowest BCUT2D eigenvalue weighted by molar-refractivity contribution is 0.207. The van der Waals surface area contributed by atoms with Crippen molar-refractivity contribution in [3.8, 4) is 11.1 Å². The predicted octanol–water partition coefficient (Wildman–Crippen LogP) is 3.99. The average molecular weight is 413 g/mol. The summed E-state index contributed by atoms with van der Waals surface area (Å²) in [5.74, 6) is -0.763. The lowest BCUT2D eigenvalue weighted by Crippen LogP contribution is -2.50. The Morgan fingerprint density at radius 2 is 1.90 bits per heavy atom. The van der Waals surface area contributed by atoms with Crippen molar-refractivity contribution in [1.29, 1.82) is 0 Å². The summed E-state index contributed by atoms with van der Waals surface area (Å²) < 4.78 is 32.8. The maximum absolute atomic E-state index is 14.1. The number of anilines is 2. The van der Waals surface area contributed by atoms with Gasteiger partial charge in [0.2, 0.25) is 5.88 Å². The maximum atomic E-state index is 14.1. The Morgan fingerprint density at radius 3 is 2.60 bits per heavy atom. The summed E-state index contributed by atoms with van der Waals surface area (Å²) in [6.45, 7) is 5.73. The van der Waals surface area contributed by atoms with E-state index in [-0.39, 0.29) is 11.6 Å². The molecule has 0 atom stereocenters. The summed E-state index contributed by atoms with van der Waals surface area (Å²) in [5.41, 5.74) is 2.27. The molecular formula is C21H21F2N5O2. The minimum absolute atomic E-state index is 0.189. The molecule has 30 heavy (non-hydrogen) atoms. The number of nitrogens with one attached hydrogen (secondary N) is 1. The van der Waals surface area contributed by atoms with Crippen LogP contribution in [0, 0.1) is 25.5 Å². The molecule has 1 saturated heterocycles. The summed E-state index contributed by atoms with van der Waals surface area (Å²) in [4.78, 5) is 20.5. The number of urea groups is 1. The molecule has 3 aromatic rings. The number of hydrogen-bond acceptors (Lipinski definition) is 5. The van der Waals surface area contributed by atoms with Crippen molar-refractivity contribution in [3.05, 3.63) is 59.4 Å². The number of amides is 2. The van der Waals surface area contributed by atoms with Gasteiger partial charge < -0.3 is 14.3 Å². The molecule has 0 spiro atoms. The van der Waals surface area contributed by atoms with Gasteiger partial charge in [0.1, 0.15) is 5.82 Å². The van der Waals surface area contributed by atoms with Gasteiger partial charge >= 0.3 is 6.03 Å². The first-order valence-electron chi connectivity index (χ1n) is 9.58. The zero-order chi connectivity index (χ0) is 21.3. The lowest BCUT2D eigenvalue weighted by atomic mass is 10.1. The third-order valence-electron chi connectivity index (χ3n) is 5.28. The molecule has 0 radical (unpaired) electrons. The van der Waals surface area contributed by atoms with Crippen LogP contribution in [0.25, 0.3) is 11.1 Å². The number of nitrogens with zero attached hydrogens (tertiary/aromatic N) is 4. The molecule has 156 valence electrons. The molecular weight excluding hydrogens is 392 g/mol. The zero-order valence-electron chi connectivity index (χ0n) is 16.7. The highest BCUT2D eigenvalue weighted by Crippen LogP contribution is 2.27. The van der Waals surface area contributed by atoms with Gasteiger partial charge in [-0.2, -0.15) is 0 Å². The first-order chi connectivity index (χ1) is 14.4. The number of pyridine rings is 1. The Hall–Kier alpha value is -3.49. The number of aromatic nitrogens is 2. The summed E-state index contributed by atoms with van der Waals surface area (Å²) in [6.07, 6.45) is 1.57. The van der Waals surface area contributed by atoms with Crippen LogP contribution in [0.3, 0.4) is 0 Å². The first kappa shape index (κ1) is 19.8. The van der Waals surface area contributed by atoms with Gasteiger partial charge in [-0.1, -0.05) is 17.3 Å². The number of piperazine rings is 1. The van der Waals surface area contributed by atoms with E-state index in [2.05, 4.69) is 15.5 Å². The SMILES string of the molecule is Cc1noc(NC(=O)N2CCN(c3cc(-c4cccc(F)c4F)ccn3)CC2)c1C. The lowest BCUT2D eigenvalue weighted by Gasteiger charge is -2.35. The van der Waals surface area contributed by atoms with E-state index in [1.807, 2.05) is 18.7 Å². The minimum Gasteiger partial charge on any atom is -0.353 e. The van der Waals surface area contributed by atoms with Gasteiger partial charge in [-0.25, -0.2) is 18.6 Å². The van der Waals surface area contributed by atoms with Gasteiger partial charge in [0.05, 0.1) is 5.69 Å². The number of carbonyl (C=O) groups is 1. The van der Waals surface area contributed by atoms with Gasteiger partial charge in [-0.3, -0.25) is 5.32 Å². The predicted molar refractivity (Wildman–Crippen MR) is 108 cm³/mol. The third kappa shape index (κ3) is 3.83. The highest BCUT2D eigenvalue weighted by Gasteiger charge is 2.24. The molecule has 3 heterocycles. The van der Waals surface area contributed by atoms with E-state index >= 15 is 0 Å². The Kier molecular flexibility index (Phi) is 5.35. The van der Waals surface area contributed by atoms with E-state index < -0.39 is 11.6 Å². The van der Waals surface area contributed by atoms with Crippen LogP contribution in [0.15, 0.2) is 41.1 Å². The molecule has 0 unspecified atom stereocenters. The van der Waals surface area contributed by atoms with Gasteiger partial charge in [0.25, 0.3) is 0 Å². The van der Waals surface area contributed by atoms with Crippen molar-refractivity contribution in [2.45, 2.75) is 13.8 Å². The molecule has 1 aliphatic rings. The number of hydrogen-bond donors (Lipinski definition) is 1. The van der Waals surface area contributed by atoms with E-state index in [1.165, 1.54) is 12.1 Å². The van der Waals surface area contributed by atoms with Crippen LogP contribution in [-0.2, 0) is 0 Å². The molecule has 0 bridgehead atoms. The summed E-state index contributed by atoms with van der Waals surface area (Å²) >= 11 is 0. The molecule has 0 aliphatic carbocycles. The minimum atomic E-state index is -0.886. The second kappa shape index (κ2) is 8.10. The Balaban J connectivity index is 1.42. The topological polar surface area (TPSA) is 74.5 Å². The normalized spacial score (nSPS) is 14.1. The number of carbonyl (C=O) groups excluding carboxylic acids is 1. The molecule has 7 nitrogen and oxygen atoms in total. The molecule has 0 saturated carbocycles. The largest absolute Gasteiger partial charge is 0.353 e. The second-order valence-corrected chi connectivity index (χ2v) is 7.13. The molecule has 1 fully saturated rings. The highest BCUT2D eigenvalue weighted by molar-refractivity contribution is 5.88. The highest BCUT2D eigenvalue weighted by atomic mass is 19.2. The van der Waals surface area contributed by atoms with Gasteiger partial charge in [-0.05, 0) is 37.6 Å². The number of rotatable bonds is 3. The molecule has 2 amide bonds. The molecule has 2 aromatic heterocycles. The van der Waals surface area contributed by atoms with E-state index in [0.29, 0.717) is 43.4 Å². The average Bonchev–Trinajstić information content (AvgIpc) is 3.08. The fourth-order valence-corrected chi connectivity index (χ4v) is 3.33. The van der Waals surface area contributed by atoms with Crippen molar-refractivity contribution < 1.29 is 18.1 Å². The number of benzene rings is 1. The third-order valence-corrected chi connectivity index (χ3v) is 5.28. The van der Waals surface area contributed by atoms with Gasteiger partial charge in [0.15, 0.2) is 11.6 Å². The maximum Gasteiger partial charge on any atom is 0.324 e. The van der Waals surface area contributed by atoms with E-state index in [0.717, 1.165) is 17.3 Å². The van der Waals surface area contributed by atoms with Crippen LogP contribution in [0.4, 0.5) is 25.3 Å². The van der Waals surface area contributed by atoms with Crippen molar-refractivity contribution in [1.82, 2.24) is 15.0 Å². The molecule has 9 heteroatoms. The summed E-state index contributed by atoms with van der Waals surface area (Å²) in [5, 5.41) is 6.58. The molecule has 1 aromatic carbocycles. The molecule has 4 rings (SSSR count). The van der Waals surface area contributed by atoms with Crippen LogP contribution in [0.2, 0.25) is 0 Å². The Morgan fingerprint density at radius 1 is 1.13 bits per heavy atom. The number of aryl methyl sites for hydroxylation is 1. The van der Waals surface area contributed by atoms with Crippen LogP contribution in [0.5, 0.6) is 0 Å². The zero-order valence-corrected chi connectivity index (χ0v) is 16.7. The summed E-state index contributed by atoms with van der Waals surface area (Å²) in [6, 6.07) is 7.22. The van der Waals surface area contributed by atoms with Crippen LogP contribution in [0.1, 0.15) is 11.3 Å². The van der Waals surface area contributed by atoms with Crippen molar-refractivity contribution in [2.24, 2.45) is 0 Å². The second-order valence-electron chi connectivity index (χ2n) is 7.13. The smallest absolute Gasteiger partial charge is 0.324 e. The van der Waals surface area contributed by atoms with Gasteiger partial charge in [0, 0.05) is 43.5 Å². The Bertz CT molecular complexity index is 1080. The van der Waals surface area contributed by atoms with Crippen LogP contribution < -0.4 is 10.2 Å². The van der Waals surface area contributed by atoms with Crippen molar-refractivity contribution in [2.75, 3.05) is 36.4 Å². The van der Waals surface area contributed by atoms with Gasteiger partial charge in [-0.15, -0.1) is 0 Å². The van der Waals surface area contributed by atoms with E-state index in [1.54, 1.807) is 23.2 Å². The van der Waals surface area contributed by atoms with E-state index in [9.17, 15) is 13.6 Å². The molecule has 1 aliphatic heterocycles. The fraction of sp³-hybridized carbons (Fsp3) is 0.286. The van der Waals surface area contributed by atoms with Crippen molar-refractivity contribution >= 4 is 17.7 Å². The summed E-state index contributed by atoms with van der Waals surface area (Å²) in [7, 11) is 0. The monoisotopic (exact) mass is 413 g/mol. The quantitative estimate of drug-likeness (QED) is 0.703. The Labute approximate surface area is 172 Å². The van der Waals surface area contributed by atoms with Crippen molar-refractivity contribution in [3.63, 3.8) is 0 Å². The van der Waals surface area contributed by atoms with E-state index in [4.69, 9.17) is 4.52 Å². The molecule has 1 N–H and O–H groups in total.